The van der Waals surface area contributed by atoms with Gasteiger partial charge in [0.05, 0.1) is 12.2 Å². The zero-order valence-electron chi connectivity index (χ0n) is 14.4. The Morgan fingerprint density at radius 2 is 1.88 bits per heavy atom. The fourth-order valence-corrected chi connectivity index (χ4v) is 3.67. The van der Waals surface area contributed by atoms with Crippen LogP contribution >= 0.6 is 0 Å². The Morgan fingerprint density at radius 3 is 2.68 bits per heavy atom. The van der Waals surface area contributed by atoms with Gasteiger partial charge < -0.3 is 4.57 Å². The van der Waals surface area contributed by atoms with Crippen LogP contribution in [-0.2, 0) is 13.1 Å². The summed E-state index contributed by atoms with van der Waals surface area (Å²) in [7, 11) is 0. The lowest BCUT2D eigenvalue weighted by atomic mass is 10.2. The van der Waals surface area contributed by atoms with Crippen LogP contribution in [0.5, 0.6) is 0 Å². The van der Waals surface area contributed by atoms with E-state index in [9.17, 15) is 9.59 Å². The van der Waals surface area contributed by atoms with Crippen LogP contribution in [0.15, 0.2) is 46.1 Å². The molecule has 0 aromatic carbocycles. The third-order valence-electron chi connectivity index (χ3n) is 5.29. The van der Waals surface area contributed by atoms with Gasteiger partial charge in [0.15, 0.2) is 0 Å². The summed E-state index contributed by atoms with van der Waals surface area (Å²) in [6, 6.07) is 9.10. The summed E-state index contributed by atoms with van der Waals surface area (Å²) in [6.07, 6.45) is 6.41. The number of rotatable bonds is 6. The topological polar surface area (TPSA) is 60.1 Å². The van der Waals surface area contributed by atoms with Gasteiger partial charge >= 0.3 is 0 Å². The molecule has 25 heavy (non-hydrogen) atoms. The Hall–Kier alpha value is -2.21. The summed E-state index contributed by atoms with van der Waals surface area (Å²) in [5.74, 6) is 0.552. The molecule has 6 nitrogen and oxygen atoms in total. The summed E-state index contributed by atoms with van der Waals surface area (Å²) in [4.78, 5) is 26.4. The molecular formula is C19H24N4O2. The third kappa shape index (κ3) is 3.74. The predicted octanol–water partition coefficient (Wildman–Crippen LogP) is 1.45. The van der Waals surface area contributed by atoms with Crippen molar-refractivity contribution in [3.8, 4) is 0 Å². The molecule has 2 fully saturated rings. The van der Waals surface area contributed by atoms with Gasteiger partial charge in [-0.3, -0.25) is 14.5 Å². The van der Waals surface area contributed by atoms with Crippen molar-refractivity contribution in [3.05, 3.63) is 62.9 Å². The smallest absolute Gasteiger partial charge is 0.266 e. The van der Waals surface area contributed by atoms with E-state index in [1.165, 1.54) is 12.8 Å². The Kier molecular flexibility index (Phi) is 4.53. The summed E-state index contributed by atoms with van der Waals surface area (Å²) in [6.45, 7) is 3.17. The van der Waals surface area contributed by atoms with Crippen LogP contribution in [-0.4, -0.2) is 38.4 Å². The average Bonchev–Trinajstić information content (AvgIpc) is 3.37. The Bertz CT molecular complexity index is 853. The highest BCUT2D eigenvalue weighted by Crippen LogP contribution is 2.38. The van der Waals surface area contributed by atoms with E-state index < -0.39 is 0 Å². The molecule has 6 heteroatoms. The highest BCUT2D eigenvalue weighted by atomic mass is 16.1. The summed E-state index contributed by atoms with van der Waals surface area (Å²) < 4.78 is 3.39. The molecule has 0 bridgehead atoms. The average molecular weight is 340 g/mol. The summed E-state index contributed by atoms with van der Waals surface area (Å²) >= 11 is 0. The Morgan fingerprint density at radius 1 is 1.00 bits per heavy atom. The number of pyridine rings is 1. The van der Waals surface area contributed by atoms with Crippen molar-refractivity contribution in [1.29, 1.82) is 0 Å². The van der Waals surface area contributed by atoms with E-state index in [-0.39, 0.29) is 11.1 Å². The molecule has 1 saturated heterocycles. The molecule has 1 aliphatic carbocycles. The fraction of sp³-hybridized carbons (Fsp3) is 0.526. The number of hydrogen-bond acceptors (Lipinski definition) is 4. The molecule has 132 valence electrons. The third-order valence-corrected chi connectivity index (χ3v) is 5.29. The maximum atomic E-state index is 12.2. The fourth-order valence-electron chi connectivity index (χ4n) is 3.67. The number of likely N-dealkylation sites (tertiary alicyclic amines) is 1. The van der Waals surface area contributed by atoms with E-state index in [0.29, 0.717) is 25.0 Å². The first kappa shape index (κ1) is 16.3. The van der Waals surface area contributed by atoms with Gasteiger partial charge in [-0.15, -0.1) is 0 Å². The van der Waals surface area contributed by atoms with Crippen molar-refractivity contribution >= 4 is 0 Å². The number of aromatic nitrogens is 3. The maximum Gasteiger partial charge on any atom is 0.266 e. The minimum atomic E-state index is -0.0180. The molecule has 1 saturated carbocycles. The van der Waals surface area contributed by atoms with Gasteiger partial charge in [-0.1, -0.05) is 6.07 Å². The van der Waals surface area contributed by atoms with Crippen LogP contribution in [0.25, 0.3) is 0 Å². The van der Waals surface area contributed by atoms with Crippen molar-refractivity contribution < 1.29 is 0 Å². The van der Waals surface area contributed by atoms with Crippen molar-refractivity contribution in [2.24, 2.45) is 0 Å². The SMILES string of the molecule is O=c1ccccn1CCN1CCCC1Cn1nc(C2CC2)ccc1=O. The lowest BCUT2D eigenvalue weighted by Crippen LogP contribution is -2.39. The molecule has 1 atom stereocenters. The van der Waals surface area contributed by atoms with Gasteiger partial charge in [0.1, 0.15) is 0 Å². The molecule has 2 aromatic rings. The van der Waals surface area contributed by atoms with Gasteiger partial charge in [-0.2, -0.15) is 5.10 Å². The van der Waals surface area contributed by atoms with E-state index >= 15 is 0 Å². The molecule has 2 aromatic heterocycles. The first-order valence-electron chi connectivity index (χ1n) is 9.18. The minimum absolute atomic E-state index is 0.0180. The highest BCUT2D eigenvalue weighted by Gasteiger charge is 2.28. The molecule has 0 N–H and O–H groups in total. The molecule has 0 amide bonds. The first-order chi connectivity index (χ1) is 12.2. The standard InChI is InChI=1S/C19H24N4O2/c24-18-5-1-2-10-22(18)13-12-21-11-3-4-16(21)14-23-19(25)9-8-17(20-23)15-6-7-15/h1-2,5,8-10,15-16H,3-4,6-7,11-14H2. The van der Waals surface area contributed by atoms with Gasteiger partial charge in [-0.25, -0.2) is 4.68 Å². The zero-order valence-corrected chi connectivity index (χ0v) is 14.4. The number of nitrogens with zero attached hydrogens (tertiary/aromatic N) is 4. The lowest BCUT2D eigenvalue weighted by molar-refractivity contribution is 0.215. The van der Waals surface area contributed by atoms with Gasteiger partial charge in [0, 0.05) is 43.4 Å². The van der Waals surface area contributed by atoms with Gasteiger partial charge in [0.25, 0.3) is 11.1 Å². The van der Waals surface area contributed by atoms with E-state index in [0.717, 1.165) is 31.6 Å². The Balaban J connectivity index is 1.43. The quantitative estimate of drug-likeness (QED) is 0.798. The van der Waals surface area contributed by atoms with Crippen molar-refractivity contribution in [2.75, 3.05) is 13.1 Å². The second kappa shape index (κ2) is 6.96. The van der Waals surface area contributed by atoms with Crippen LogP contribution in [0.1, 0.15) is 37.3 Å². The van der Waals surface area contributed by atoms with E-state index in [4.69, 9.17) is 0 Å². The van der Waals surface area contributed by atoms with Crippen LogP contribution in [0.4, 0.5) is 0 Å². The molecule has 2 aliphatic rings. The zero-order chi connectivity index (χ0) is 17.2. The molecule has 3 heterocycles. The van der Waals surface area contributed by atoms with Crippen LogP contribution in [0.2, 0.25) is 0 Å². The highest BCUT2D eigenvalue weighted by molar-refractivity contribution is 5.12. The Labute approximate surface area is 146 Å². The first-order valence-corrected chi connectivity index (χ1v) is 9.18. The van der Waals surface area contributed by atoms with Crippen LogP contribution < -0.4 is 11.1 Å². The molecule has 1 unspecified atom stereocenters. The van der Waals surface area contributed by atoms with Crippen molar-refractivity contribution in [3.63, 3.8) is 0 Å². The van der Waals surface area contributed by atoms with Crippen molar-refractivity contribution in [2.45, 2.75) is 50.7 Å². The van der Waals surface area contributed by atoms with Crippen LogP contribution in [0.3, 0.4) is 0 Å². The molecule has 1 aliphatic heterocycles. The number of hydrogen-bond donors (Lipinski definition) is 0. The van der Waals surface area contributed by atoms with E-state index in [1.807, 2.05) is 18.3 Å². The molecular weight excluding hydrogens is 316 g/mol. The lowest BCUT2D eigenvalue weighted by Gasteiger charge is -2.25. The molecule has 0 spiro atoms. The second-order valence-corrected chi connectivity index (χ2v) is 7.12. The maximum absolute atomic E-state index is 12.2. The largest absolute Gasteiger partial charge is 0.314 e. The summed E-state index contributed by atoms with van der Waals surface area (Å²) in [5.41, 5.74) is 1.07. The second-order valence-electron chi connectivity index (χ2n) is 7.12. The predicted molar refractivity (Wildman–Crippen MR) is 95.8 cm³/mol. The molecule has 4 rings (SSSR count). The van der Waals surface area contributed by atoms with Crippen LogP contribution in [0, 0.1) is 0 Å². The van der Waals surface area contributed by atoms with E-state index in [2.05, 4.69) is 10.00 Å². The van der Waals surface area contributed by atoms with Crippen molar-refractivity contribution in [1.82, 2.24) is 19.2 Å². The van der Waals surface area contributed by atoms with Gasteiger partial charge in [0.2, 0.25) is 0 Å². The normalized spacial score (nSPS) is 20.9. The minimum Gasteiger partial charge on any atom is -0.314 e. The molecule has 0 radical (unpaired) electrons. The van der Waals surface area contributed by atoms with Gasteiger partial charge in [-0.05, 0) is 44.4 Å². The monoisotopic (exact) mass is 340 g/mol. The summed E-state index contributed by atoms with van der Waals surface area (Å²) in [5, 5.41) is 4.59. The van der Waals surface area contributed by atoms with E-state index in [1.54, 1.807) is 27.4 Å².